The fourth-order valence-corrected chi connectivity index (χ4v) is 8.09. The van der Waals surface area contributed by atoms with E-state index >= 15 is 0 Å². The Morgan fingerprint density at radius 1 is 1.07 bits per heavy atom. The molecule has 0 amide bonds. The fourth-order valence-electron chi connectivity index (χ4n) is 8.09. The van der Waals surface area contributed by atoms with Gasteiger partial charge >= 0.3 is 0 Å². The molecule has 4 aliphatic carbocycles. The van der Waals surface area contributed by atoms with Gasteiger partial charge in [-0.05, 0) is 99.0 Å². The van der Waals surface area contributed by atoms with E-state index in [1.54, 1.807) is 0 Å². The minimum atomic E-state index is -0.327. The number of hydrogen-bond donors (Lipinski definition) is 2. The number of aromatic nitrogens is 2. The number of hydrogen-bond acceptors (Lipinski definition) is 3. The second-order valence-electron chi connectivity index (χ2n) is 11.3. The normalized spacial score (nSPS) is 48.3. The van der Waals surface area contributed by atoms with Crippen molar-refractivity contribution in [1.82, 2.24) is 9.78 Å². The minimum absolute atomic E-state index is 0.0144. The van der Waals surface area contributed by atoms with Crippen molar-refractivity contribution in [3.63, 3.8) is 0 Å². The molecule has 4 fully saturated rings. The monoisotopic (exact) mass is 398 g/mol. The molecule has 0 aliphatic heterocycles. The molecule has 1 aromatic rings. The van der Waals surface area contributed by atoms with Gasteiger partial charge in [0.05, 0.1) is 18.4 Å². The van der Waals surface area contributed by atoms with Gasteiger partial charge in [-0.15, -0.1) is 0 Å². The summed E-state index contributed by atoms with van der Waals surface area (Å²) in [5.41, 5.74) is 3.94. The van der Waals surface area contributed by atoms with Crippen molar-refractivity contribution in [2.75, 3.05) is 0 Å². The Morgan fingerprint density at radius 2 is 1.83 bits per heavy atom. The van der Waals surface area contributed by atoms with Crippen LogP contribution in [0.15, 0.2) is 11.8 Å². The van der Waals surface area contributed by atoms with Crippen LogP contribution in [-0.4, -0.2) is 32.2 Å². The van der Waals surface area contributed by atoms with E-state index in [1.165, 1.54) is 31.3 Å². The Kier molecular flexibility index (Phi) is 4.57. The Bertz CT molecular complexity index is 829. The molecule has 0 bridgehead atoms. The summed E-state index contributed by atoms with van der Waals surface area (Å²) < 4.78 is 1.91. The average Bonchev–Trinajstić information content (AvgIpc) is 3.14. The maximum Gasteiger partial charge on any atom is 0.0809 e. The maximum absolute atomic E-state index is 11.4. The van der Waals surface area contributed by atoms with E-state index in [0.29, 0.717) is 17.3 Å². The van der Waals surface area contributed by atoms with E-state index in [1.807, 2.05) is 17.9 Å². The molecule has 29 heavy (non-hydrogen) atoms. The van der Waals surface area contributed by atoms with Crippen LogP contribution in [0.4, 0.5) is 0 Å². The van der Waals surface area contributed by atoms with Gasteiger partial charge < -0.3 is 10.2 Å². The van der Waals surface area contributed by atoms with Crippen molar-refractivity contribution in [2.24, 2.45) is 41.5 Å². The lowest BCUT2D eigenvalue weighted by Gasteiger charge is -2.60. The first-order chi connectivity index (χ1) is 13.7. The third kappa shape index (κ3) is 2.81. The van der Waals surface area contributed by atoms with E-state index in [0.717, 1.165) is 48.8 Å². The molecule has 4 heteroatoms. The summed E-state index contributed by atoms with van der Waals surface area (Å²) in [6.07, 6.45) is 12.9. The maximum atomic E-state index is 11.4. The van der Waals surface area contributed by atoms with E-state index in [2.05, 4.69) is 31.9 Å². The smallest absolute Gasteiger partial charge is 0.0809 e. The summed E-state index contributed by atoms with van der Waals surface area (Å²) in [6.45, 7) is 6.99. The average molecular weight is 399 g/mol. The molecule has 0 spiro atoms. The van der Waals surface area contributed by atoms with E-state index in [4.69, 9.17) is 0 Å². The Labute approximate surface area is 175 Å². The number of aryl methyl sites for hydroxylation is 1. The van der Waals surface area contributed by atoms with Crippen molar-refractivity contribution < 1.29 is 10.2 Å². The molecule has 4 nitrogen and oxygen atoms in total. The highest BCUT2D eigenvalue weighted by Crippen LogP contribution is 2.67. The fraction of sp³-hybridized carbons (Fsp3) is 0.800. The van der Waals surface area contributed by atoms with Crippen LogP contribution in [0, 0.1) is 41.4 Å². The largest absolute Gasteiger partial charge is 0.393 e. The van der Waals surface area contributed by atoms with Crippen LogP contribution < -0.4 is 0 Å². The Balaban J connectivity index is 1.45. The van der Waals surface area contributed by atoms with E-state index in [9.17, 15) is 10.2 Å². The van der Waals surface area contributed by atoms with Crippen molar-refractivity contribution in [1.29, 1.82) is 0 Å². The first-order valence-electron chi connectivity index (χ1n) is 11.8. The topological polar surface area (TPSA) is 58.3 Å². The summed E-state index contributed by atoms with van der Waals surface area (Å²) in [6, 6.07) is 0. The molecule has 0 aromatic carbocycles. The van der Waals surface area contributed by atoms with Crippen LogP contribution in [0.3, 0.4) is 0 Å². The molecule has 1 heterocycles. The molecule has 0 radical (unpaired) electrons. The summed E-state index contributed by atoms with van der Waals surface area (Å²) in [7, 11) is 1.98. The molecular formula is C25H38N2O2. The third-order valence-electron chi connectivity index (χ3n) is 10.1. The molecule has 0 saturated heterocycles. The summed E-state index contributed by atoms with van der Waals surface area (Å²) in [5, 5.41) is 26.0. The molecule has 160 valence electrons. The third-order valence-corrected chi connectivity index (χ3v) is 10.1. The van der Waals surface area contributed by atoms with Crippen molar-refractivity contribution in [2.45, 2.75) is 84.3 Å². The standard InChI is InChI=1S/C25H38N2O2/c1-15-17(14-26-27(15)4)11-16-12-22-20-6-5-18-13-19(28)7-9-24(18,2)21(20)8-10-25(22,3)23(16)29/h11,14,18-23,28-29H,5-10,12-13H2,1-4H3/b16-11-/t18-,19+,20-,21+,22+,23-,24+,25+/m1/s1. The van der Waals surface area contributed by atoms with Crippen LogP contribution >= 0.6 is 0 Å². The lowest BCUT2D eigenvalue weighted by atomic mass is 9.45. The molecule has 5 rings (SSSR count). The second-order valence-corrected chi connectivity index (χ2v) is 11.3. The van der Waals surface area contributed by atoms with Crippen LogP contribution in [0.1, 0.15) is 76.5 Å². The molecule has 2 N–H and O–H groups in total. The van der Waals surface area contributed by atoms with Gasteiger partial charge in [-0.3, -0.25) is 4.68 Å². The number of fused-ring (bicyclic) bond motifs is 5. The Hall–Kier alpha value is -1.13. The van der Waals surface area contributed by atoms with E-state index in [-0.39, 0.29) is 17.6 Å². The van der Waals surface area contributed by atoms with Crippen LogP contribution in [0.25, 0.3) is 6.08 Å². The predicted octanol–water partition coefficient (Wildman–Crippen LogP) is 4.49. The quantitative estimate of drug-likeness (QED) is 0.733. The van der Waals surface area contributed by atoms with Crippen molar-refractivity contribution >= 4 is 6.08 Å². The zero-order valence-electron chi connectivity index (χ0n) is 18.6. The SMILES string of the molecule is Cc1c(/C=C2/C[C@H]3[C@@H]4CC[C@@H]5C[C@@H](O)CC[C@]5(C)[C@H]4CC[C@]3(C)[C@@H]2O)cnn1C. The zero-order chi connectivity index (χ0) is 20.6. The predicted molar refractivity (Wildman–Crippen MR) is 115 cm³/mol. The molecular weight excluding hydrogens is 360 g/mol. The highest BCUT2D eigenvalue weighted by atomic mass is 16.3. The summed E-state index contributed by atoms with van der Waals surface area (Å²) in [5.74, 6) is 2.76. The van der Waals surface area contributed by atoms with Crippen molar-refractivity contribution in [3.8, 4) is 0 Å². The van der Waals surface area contributed by atoms with Crippen LogP contribution in [0.5, 0.6) is 0 Å². The number of aliphatic hydroxyl groups excluding tert-OH is 2. The Morgan fingerprint density at radius 3 is 2.55 bits per heavy atom. The van der Waals surface area contributed by atoms with Gasteiger partial charge in [-0.1, -0.05) is 13.8 Å². The van der Waals surface area contributed by atoms with Gasteiger partial charge in [0, 0.05) is 23.7 Å². The second kappa shape index (κ2) is 6.68. The minimum Gasteiger partial charge on any atom is -0.393 e. The van der Waals surface area contributed by atoms with Gasteiger partial charge in [0.25, 0.3) is 0 Å². The van der Waals surface area contributed by atoms with Gasteiger partial charge in [0.2, 0.25) is 0 Å². The first kappa shape index (κ1) is 19.8. The summed E-state index contributed by atoms with van der Waals surface area (Å²) >= 11 is 0. The van der Waals surface area contributed by atoms with Crippen LogP contribution in [-0.2, 0) is 7.05 Å². The zero-order valence-corrected chi connectivity index (χ0v) is 18.6. The molecule has 0 unspecified atom stereocenters. The molecule has 1 aromatic heterocycles. The highest BCUT2D eigenvalue weighted by molar-refractivity contribution is 5.57. The molecule has 4 aliphatic rings. The molecule has 8 atom stereocenters. The van der Waals surface area contributed by atoms with Gasteiger partial charge in [-0.2, -0.15) is 5.10 Å². The van der Waals surface area contributed by atoms with E-state index < -0.39 is 0 Å². The lowest BCUT2D eigenvalue weighted by Crippen LogP contribution is -2.54. The highest BCUT2D eigenvalue weighted by Gasteiger charge is 2.61. The van der Waals surface area contributed by atoms with Gasteiger partial charge in [-0.25, -0.2) is 0 Å². The van der Waals surface area contributed by atoms with Gasteiger partial charge in [0.1, 0.15) is 0 Å². The number of nitrogens with zero attached hydrogens (tertiary/aromatic N) is 2. The van der Waals surface area contributed by atoms with Gasteiger partial charge in [0.15, 0.2) is 0 Å². The van der Waals surface area contributed by atoms with Crippen molar-refractivity contribution in [3.05, 3.63) is 23.0 Å². The van der Waals surface area contributed by atoms with Crippen LogP contribution in [0.2, 0.25) is 0 Å². The first-order valence-corrected chi connectivity index (χ1v) is 11.8. The lowest BCUT2D eigenvalue weighted by molar-refractivity contribution is -0.133. The number of rotatable bonds is 1. The number of aliphatic hydroxyl groups is 2. The molecule has 4 saturated carbocycles. The summed E-state index contributed by atoms with van der Waals surface area (Å²) in [4.78, 5) is 0.